The van der Waals surface area contributed by atoms with Gasteiger partial charge in [-0.05, 0) is 31.2 Å². The second-order valence-corrected chi connectivity index (χ2v) is 7.66. The lowest BCUT2D eigenvalue weighted by Crippen LogP contribution is -2.42. The van der Waals surface area contributed by atoms with Gasteiger partial charge in [0.25, 0.3) is 5.91 Å². The van der Waals surface area contributed by atoms with Gasteiger partial charge >= 0.3 is 18.0 Å². The van der Waals surface area contributed by atoms with Crippen LogP contribution in [0.1, 0.15) is 33.2 Å². The van der Waals surface area contributed by atoms with E-state index in [0.29, 0.717) is 5.56 Å². The normalized spacial score (nSPS) is 17.4. The smallest absolute Gasteiger partial charge is 0.337 e. The Balaban J connectivity index is 1.82. The molecule has 3 rings (SSSR count). The van der Waals surface area contributed by atoms with Crippen molar-refractivity contribution in [3.63, 3.8) is 0 Å². The summed E-state index contributed by atoms with van der Waals surface area (Å²) in [6, 6.07) is 9.62. The first-order valence-electron chi connectivity index (χ1n) is 9.61. The van der Waals surface area contributed by atoms with Crippen LogP contribution in [0.4, 0.5) is 10.5 Å². The molecule has 0 radical (unpaired) electrons. The maximum Gasteiger partial charge on any atom is 0.337 e. The van der Waals surface area contributed by atoms with E-state index in [2.05, 4.69) is 20.1 Å². The van der Waals surface area contributed by atoms with Crippen LogP contribution in [0.2, 0.25) is 5.02 Å². The number of urea groups is 1. The van der Waals surface area contributed by atoms with Crippen LogP contribution in [0.25, 0.3) is 0 Å². The molecule has 1 aliphatic heterocycles. The van der Waals surface area contributed by atoms with Crippen LogP contribution in [-0.4, -0.2) is 55.4 Å². The van der Waals surface area contributed by atoms with E-state index >= 15 is 0 Å². The van der Waals surface area contributed by atoms with E-state index in [9.17, 15) is 24.0 Å². The minimum Gasteiger partial charge on any atom is -0.465 e. The van der Waals surface area contributed by atoms with Gasteiger partial charge in [0.05, 0.1) is 25.3 Å². The van der Waals surface area contributed by atoms with Gasteiger partial charge in [-0.3, -0.25) is 14.5 Å². The molecule has 1 saturated heterocycles. The lowest BCUT2D eigenvalue weighted by Gasteiger charge is -2.23. The Hall–Kier alpha value is -3.92. The first-order chi connectivity index (χ1) is 15.6. The van der Waals surface area contributed by atoms with Crippen LogP contribution in [0.15, 0.2) is 42.5 Å². The maximum absolute atomic E-state index is 13.0. The molecule has 2 N–H and O–H groups in total. The molecular weight excluding hydrogens is 454 g/mol. The molecule has 0 bridgehead atoms. The minimum absolute atomic E-state index is 0.00279. The van der Waals surface area contributed by atoms with E-state index in [1.165, 1.54) is 39.3 Å². The summed E-state index contributed by atoms with van der Waals surface area (Å²) < 4.78 is 9.31. The number of methoxy groups -OCH3 is 2. The number of anilines is 1. The molecule has 1 atom stereocenters. The monoisotopic (exact) mass is 473 g/mol. The van der Waals surface area contributed by atoms with Gasteiger partial charge in [-0.1, -0.05) is 29.8 Å². The number of hydrogen-bond acceptors (Lipinski definition) is 7. The highest BCUT2D eigenvalue weighted by Gasteiger charge is 2.50. The van der Waals surface area contributed by atoms with Gasteiger partial charge in [0, 0.05) is 16.3 Å². The standard InChI is InChI=1S/C22H20ClN3O7/c1-22(15-6-4-5-7-16(15)23)20(30)26(21(31)25-22)11-17(27)24-14-9-12(18(28)32-2)8-13(10-14)19(29)33-3/h4-10H,11H2,1-3H3,(H,24,27)(H,25,31). The predicted octanol–water partition coefficient (Wildman–Crippen LogP) is 2.32. The number of halogens is 1. The molecular formula is C22H20ClN3O7. The summed E-state index contributed by atoms with van der Waals surface area (Å²) in [5.41, 5.74) is -0.988. The van der Waals surface area contributed by atoms with E-state index in [4.69, 9.17) is 11.6 Å². The number of rotatable bonds is 6. The topological polar surface area (TPSA) is 131 Å². The number of nitrogens with one attached hydrogen (secondary N) is 2. The number of ether oxygens (including phenoxy) is 2. The van der Waals surface area contributed by atoms with Crippen LogP contribution in [0.5, 0.6) is 0 Å². The van der Waals surface area contributed by atoms with Crippen molar-refractivity contribution in [1.29, 1.82) is 0 Å². The number of nitrogens with zero attached hydrogens (tertiary/aromatic N) is 1. The van der Waals surface area contributed by atoms with Gasteiger partial charge in [0.1, 0.15) is 12.1 Å². The van der Waals surface area contributed by atoms with Crippen LogP contribution in [-0.2, 0) is 24.6 Å². The van der Waals surface area contributed by atoms with E-state index < -0.39 is 41.9 Å². The molecule has 33 heavy (non-hydrogen) atoms. The number of imide groups is 1. The Morgan fingerprint density at radius 3 is 2.15 bits per heavy atom. The Morgan fingerprint density at radius 1 is 1.03 bits per heavy atom. The van der Waals surface area contributed by atoms with Gasteiger partial charge in [-0.15, -0.1) is 0 Å². The Kier molecular flexibility index (Phi) is 6.68. The summed E-state index contributed by atoms with van der Waals surface area (Å²) in [5, 5.41) is 5.33. The van der Waals surface area contributed by atoms with E-state index in [0.717, 1.165) is 4.90 Å². The maximum atomic E-state index is 13.0. The molecule has 4 amide bonds. The summed E-state index contributed by atoms with van der Waals surface area (Å²) in [5.74, 6) is -2.87. The van der Waals surface area contributed by atoms with Crippen molar-refractivity contribution in [2.24, 2.45) is 0 Å². The van der Waals surface area contributed by atoms with Crippen molar-refractivity contribution in [1.82, 2.24) is 10.2 Å². The summed E-state index contributed by atoms with van der Waals surface area (Å²) in [4.78, 5) is 62.7. The molecule has 10 nitrogen and oxygen atoms in total. The van der Waals surface area contributed by atoms with Crippen molar-refractivity contribution in [2.45, 2.75) is 12.5 Å². The van der Waals surface area contributed by atoms with E-state index in [-0.39, 0.29) is 21.8 Å². The average molecular weight is 474 g/mol. The second-order valence-electron chi connectivity index (χ2n) is 7.26. The van der Waals surface area contributed by atoms with Crippen molar-refractivity contribution in [3.05, 3.63) is 64.2 Å². The lowest BCUT2D eigenvalue weighted by molar-refractivity contribution is -0.133. The third-order valence-electron chi connectivity index (χ3n) is 5.05. The molecule has 2 aromatic rings. The first kappa shape index (κ1) is 23.7. The molecule has 0 aliphatic carbocycles. The lowest BCUT2D eigenvalue weighted by atomic mass is 9.92. The van der Waals surface area contributed by atoms with Crippen LogP contribution < -0.4 is 10.6 Å². The zero-order chi connectivity index (χ0) is 24.3. The third-order valence-corrected chi connectivity index (χ3v) is 5.38. The Morgan fingerprint density at radius 2 is 1.61 bits per heavy atom. The molecule has 0 aromatic heterocycles. The third kappa shape index (κ3) is 4.65. The number of benzene rings is 2. The highest BCUT2D eigenvalue weighted by Crippen LogP contribution is 2.33. The number of carbonyl (C=O) groups excluding carboxylic acids is 5. The zero-order valence-corrected chi connectivity index (χ0v) is 18.7. The van der Waals surface area contributed by atoms with Crippen LogP contribution >= 0.6 is 11.6 Å². The van der Waals surface area contributed by atoms with Gasteiger partial charge in [-0.25, -0.2) is 14.4 Å². The average Bonchev–Trinajstić information content (AvgIpc) is 3.01. The molecule has 2 aromatic carbocycles. The van der Waals surface area contributed by atoms with Crippen molar-refractivity contribution in [2.75, 3.05) is 26.1 Å². The fraction of sp³-hybridized carbons (Fsp3) is 0.227. The summed E-state index contributed by atoms with van der Waals surface area (Å²) >= 11 is 6.20. The zero-order valence-electron chi connectivity index (χ0n) is 17.9. The molecule has 11 heteroatoms. The number of amides is 4. The Labute approximate surface area is 193 Å². The van der Waals surface area contributed by atoms with Gasteiger partial charge in [0.15, 0.2) is 0 Å². The molecule has 1 heterocycles. The van der Waals surface area contributed by atoms with Gasteiger partial charge in [-0.2, -0.15) is 0 Å². The summed E-state index contributed by atoms with van der Waals surface area (Å²) in [7, 11) is 2.33. The highest BCUT2D eigenvalue weighted by molar-refractivity contribution is 6.32. The number of hydrogen-bond donors (Lipinski definition) is 2. The van der Waals surface area contributed by atoms with Crippen molar-refractivity contribution < 1.29 is 33.4 Å². The van der Waals surface area contributed by atoms with Gasteiger partial charge < -0.3 is 20.1 Å². The van der Waals surface area contributed by atoms with Crippen LogP contribution in [0, 0.1) is 0 Å². The highest BCUT2D eigenvalue weighted by atomic mass is 35.5. The fourth-order valence-electron chi connectivity index (χ4n) is 3.41. The number of esters is 2. The number of carbonyl (C=O) groups is 5. The molecule has 0 saturated carbocycles. The molecule has 1 aliphatic rings. The van der Waals surface area contributed by atoms with Crippen LogP contribution in [0.3, 0.4) is 0 Å². The van der Waals surface area contributed by atoms with E-state index in [1.807, 2.05) is 0 Å². The SMILES string of the molecule is COC(=O)c1cc(NC(=O)CN2C(=O)NC(C)(c3ccccc3Cl)C2=O)cc(C(=O)OC)c1. The molecule has 1 unspecified atom stereocenters. The largest absolute Gasteiger partial charge is 0.465 e. The predicted molar refractivity (Wildman–Crippen MR) is 117 cm³/mol. The minimum atomic E-state index is -1.45. The molecule has 0 spiro atoms. The van der Waals surface area contributed by atoms with Crippen molar-refractivity contribution >= 4 is 47.1 Å². The fourth-order valence-corrected chi connectivity index (χ4v) is 3.73. The second kappa shape index (κ2) is 9.29. The van der Waals surface area contributed by atoms with Gasteiger partial charge in [0.2, 0.25) is 5.91 Å². The molecule has 172 valence electrons. The van der Waals surface area contributed by atoms with Crippen molar-refractivity contribution in [3.8, 4) is 0 Å². The quantitative estimate of drug-likeness (QED) is 0.486. The van der Waals surface area contributed by atoms with E-state index in [1.54, 1.807) is 24.3 Å². The summed E-state index contributed by atoms with van der Waals surface area (Å²) in [6.07, 6.45) is 0. The summed E-state index contributed by atoms with van der Waals surface area (Å²) in [6.45, 7) is 0.884. The molecule has 1 fully saturated rings. The first-order valence-corrected chi connectivity index (χ1v) is 9.99. The Bertz CT molecular complexity index is 1130.